The Balaban J connectivity index is 1.05. The number of para-hydroxylation sites is 1. The summed E-state index contributed by atoms with van der Waals surface area (Å²) in [5.41, 5.74) is 15.2. The third-order valence-electron chi connectivity index (χ3n) is 9.75. The molecule has 5 rings (SSSR count). The van der Waals surface area contributed by atoms with Crippen LogP contribution in [-0.4, -0.2) is 29.7 Å². The lowest BCUT2D eigenvalue weighted by molar-refractivity contribution is 0.105. The largest absolute Gasteiger partial charge is 0.384 e. The molecule has 2 bridgehead atoms. The van der Waals surface area contributed by atoms with E-state index in [1.165, 1.54) is 78.4 Å². The van der Waals surface area contributed by atoms with Gasteiger partial charge in [-0.3, -0.25) is 4.98 Å². The average molecular weight is 515 g/mol. The standard InChI is InChI=1S/C34H50N4/c1-5-27-28-21-24(2)22-34(27,35)23-31(33(28,3)4)36-19-13-7-6-8-14-20-37-32-25-15-9-11-17-29(25)38-30-18-12-10-16-26(30)32/h5,9,11,15,17,21,28,31,36H,6-8,10,12-14,16,18-20,22-23,35H2,1-4H3,(H,37,38)/b27-5+/t28?,31?,34-/m0/s1. The smallest absolute Gasteiger partial charge is 0.0726 e. The van der Waals surface area contributed by atoms with Crippen molar-refractivity contribution in [1.29, 1.82) is 0 Å². The van der Waals surface area contributed by atoms with Crippen LogP contribution in [0.1, 0.15) is 96.7 Å². The second-order valence-electron chi connectivity index (χ2n) is 12.9. The van der Waals surface area contributed by atoms with E-state index in [9.17, 15) is 0 Å². The van der Waals surface area contributed by atoms with E-state index >= 15 is 0 Å². The van der Waals surface area contributed by atoms with E-state index in [-0.39, 0.29) is 11.0 Å². The van der Waals surface area contributed by atoms with Gasteiger partial charge in [0.15, 0.2) is 0 Å². The fourth-order valence-electron chi connectivity index (χ4n) is 7.64. The van der Waals surface area contributed by atoms with Gasteiger partial charge in [-0.2, -0.15) is 0 Å². The van der Waals surface area contributed by atoms with E-state index in [4.69, 9.17) is 10.7 Å². The van der Waals surface area contributed by atoms with Crippen molar-refractivity contribution in [3.63, 3.8) is 0 Å². The van der Waals surface area contributed by atoms with Crippen LogP contribution in [0.3, 0.4) is 0 Å². The fourth-order valence-corrected chi connectivity index (χ4v) is 7.64. The van der Waals surface area contributed by atoms with Crippen molar-refractivity contribution in [3.05, 3.63) is 58.8 Å². The van der Waals surface area contributed by atoms with Gasteiger partial charge in [-0.05, 0) is 94.4 Å². The third-order valence-corrected chi connectivity index (χ3v) is 9.75. The molecular weight excluding hydrogens is 464 g/mol. The number of unbranched alkanes of at least 4 members (excludes halogenated alkanes) is 4. The van der Waals surface area contributed by atoms with Crippen LogP contribution in [0.4, 0.5) is 5.69 Å². The molecule has 1 aromatic heterocycles. The molecule has 0 spiro atoms. The Bertz CT molecular complexity index is 1190. The number of nitrogens with two attached hydrogens (primary N) is 1. The Hall–Kier alpha value is -2.17. The number of aromatic nitrogens is 1. The summed E-state index contributed by atoms with van der Waals surface area (Å²) < 4.78 is 0. The second-order valence-corrected chi connectivity index (χ2v) is 12.9. The molecule has 3 aliphatic carbocycles. The molecule has 38 heavy (non-hydrogen) atoms. The van der Waals surface area contributed by atoms with Crippen molar-refractivity contribution in [3.8, 4) is 0 Å². The van der Waals surface area contributed by atoms with Gasteiger partial charge in [0.25, 0.3) is 0 Å². The number of nitrogens with zero attached hydrogens (tertiary/aromatic N) is 1. The van der Waals surface area contributed by atoms with Crippen molar-refractivity contribution in [2.75, 3.05) is 18.4 Å². The maximum absolute atomic E-state index is 7.01. The highest BCUT2D eigenvalue weighted by Gasteiger charge is 2.52. The zero-order valence-corrected chi connectivity index (χ0v) is 24.3. The van der Waals surface area contributed by atoms with Crippen LogP contribution in [0.25, 0.3) is 10.9 Å². The zero-order valence-electron chi connectivity index (χ0n) is 24.3. The third kappa shape index (κ3) is 5.45. The van der Waals surface area contributed by atoms with Gasteiger partial charge in [0.2, 0.25) is 0 Å². The molecule has 0 radical (unpaired) electrons. The fraction of sp³-hybridized carbons (Fsp3) is 0.618. The number of fused-ring (bicyclic) bond motifs is 4. The van der Waals surface area contributed by atoms with Crippen LogP contribution < -0.4 is 16.4 Å². The molecule has 2 unspecified atom stereocenters. The van der Waals surface area contributed by atoms with Crippen LogP contribution in [0.2, 0.25) is 0 Å². The van der Waals surface area contributed by atoms with Gasteiger partial charge in [-0.1, -0.05) is 69.0 Å². The predicted octanol–water partition coefficient (Wildman–Crippen LogP) is 7.47. The molecule has 4 heteroatoms. The van der Waals surface area contributed by atoms with E-state index in [2.05, 4.69) is 74.7 Å². The Morgan fingerprint density at radius 1 is 1.03 bits per heavy atom. The first-order valence-electron chi connectivity index (χ1n) is 15.3. The van der Waals surface area contributed by atoms with Crippen LogP contribution in [-0.2, 0) is 12.8 Å². The first-order chi connectivity index (χ1) is 18.3. The van der Waals surface area contributed by atoms with Crippen LogP contribution in [0, 0.1) is 11.3 Å². The molecule has 1 fully saturated rings. The Morgan fingerprint density at radius 2 is 1.76 bits per heavy atom. The molecule has 3 aliphatic rings. The molecule has 0 saturated heterocycles. The lowest BCUT2D eigenvalue weighted by Gasteiger charge is -2.56. The summed E-state index contributed by atoms with van der Waals surface area (Å²) in [6.07, 6.45) is 18.0. The summed E-state index contributed by atoms with van der Waals surface area (Å²) >= 11 is 0. The second kappa shape index (κ2) is 11.5. The summed E-state index contributed by atoms with van der Waals surface area (Å²) in [6, 6.07) is 9.11. The van der Waals surface area contributed by atoms with E-state index in [0.29, 0.717) is 12.0 Å². The van der Waals surface area contributed by atoms with Crippen molar-refractivity contribution < 1.29 is 0 Å². The molecule has 1 aromatic carbocycles. The highest BCUT2D eigenvalue weighted by molar-refractivity contribution is 5.93. The minimum Gasteiger partial charge on any atom is -0.384 e. The SMILES string of the molecule is C/C=C1\C2C=C(C)C[C@]1(N)CC(NCCCCCCCNc1c3c(nc4ccccc14)CCCC3)C2(C)C. The summed E-state index contributed by atoms with van der Waals surface area (Å²) in [5.74, 6) is 0.452. The number of benzene rings is 1. The number of rotatable bonds is 10. The first-order valence-corrected chi connectivity index (χ1v) is 15.3. The summed E-state index contributed by atoms with van der Waals surface area (Å²) in [7, 11) is 0. The molecular formula is C34H50N4. The predicted molar refractivity (Wildman–Crippen MR) is 163 cm³/mol. The zero-order chi connectivity index (χ0) is 26.8. The van der Waals surface area contributed by atoms with Crippen molar-refractivity contribution >= 4 is 16.6 Å². The topological polar surface area (TPSA) is 63.0 Å². The van der Waals surface area contributed by atoms with E-state index in [0.717, 1.165) is 44.3 Å². The molecule has 1 saturated carbocycles. The van der Waals surface area contributed by atoms with Gasteiger partial charge in [-0.15, -0.1) is 0 Å². The molecule has 4 N–H and O–H groups in total. The highest BCUT2D eigenvalue weighted by atomic mass is 15.0. The molecule has 0 amide bonds. The van der Waals surface area contributed by atoms with Gasteiger partial charge >= 0.3 is 0 Å². The number of allylic oxidation sites excluding steroid dienone is 2. The highest BCUT2D eigenvalue weighted by Crippen LogP contribution is 2.53. The molecule has 206 valence electrons. The number of hydrogen-bond donors (Lipinski definition) is 3. The van der Waals surface area contributed by atoms with E-state index in [1.807, 2.05) is 0 Å². The lowest BCUT2D eigenvalue weighted by atomic mass is 9.53. The van der Waals surface area contributed by atoms with Crippen LogP contribution in [0.15, 0.2) is 47.6 Å². The summed E-state index contributed by atoms with van der Waals surface area (Å²) in [6.45, 7) is 11.4. The van der Waals surface area contributed by atoms with E-state index < -0.39 is 0 Å². The normalized spacial score (nSPS) is 27.3. The monoisotopic (exact) mass is 514 g/mol. The van der Waals surface area contributed by atoms with Crippen molar-refractivity contribution in [2.24, 2.45) is 17.1 Å². The number of nitrogens with one attached hydrogen (secondary N) is 2. The maximum Gasteiger partial charge on any atom is 0.0726 e. The summed E-state index contributed by atoms with van der Waals surface area (Å²) in [5, 5.41) is 9.06. The van der Waals surface area contributed by atoms with Crippen LogP contribution >= 0.6 is 0 Å². The molecule has 1 heterocycles. The summed E-state index contributed by atoms with van der Waals surface area (Å²) in [4.78, 5) is 4.98. The van der Waals surface area contributed by atoms with Gasteiger partial charge in [0.1, 0.15) is 0 Å². The van der Waals surface area contributed by atoms with Crippen molar-refractivity contribution in [2.45, 2.75) is 110 Å². The Labute approximate surface area is 230 Å². The van der Waals surface area contributed by atoms with Crippen molar-refractivity contribution in [1.82, 2.24) is 10.3 Å². The molecule has 0 aliphatic heterocycles. The maximum atomic E-state index is 7.01. The number of hydrogen-bond acceptors (Lipinski definition) is 4. The average Bonchev–Trinajstić information content (AvgIpc) is 2.89. The quantitative estimate of drug-likeness (QED) is 0.227. The van der Waals surface area contributed by atoms with Gasteiger partial charge < -0.3 is 16.4 Å². The minimum atomic E-state index is -0.169. The van der Waals surface area contributed by atoms with Gasteiger partial charge in [0.05, 0.1) is 5.52 Å². The lowest BCUT2D eigenvalue weighted by Crippen LogP contribution is -2.62. The van der Waals surface area contributed by atoms with E-state index in [1.54, 1.807) is 0 Å². The molecule has 4 nitrogen and oxygen atoms in total. The Kier molecular flexibility index (Phi) is 8.30. The van der Waals surface area contributed by atoms with Gasteiger partial charge in [-0.25, -0.2) is 0 Å². The number of pyridine rings is 1. The van der Waals surface area contributed by atoms with Crippen LogP contribution in [0.5, 0.6) is 0 Å². The number of aryl methyl sites for hydroxylation is 1. The molecule has 3 atom stereocenters. The first kappa shape index (κ1) is 27.4. The van der Waals surface area contributed by atoms with Gasteiger partial charge in [0, 0.05) is 40.8 Å². The Morgan fingerprint density at radius 3 is 2.58 bits per heavy atom. The minimum absolute atomic E-state index is 0.169. The molecule has 2 aromatic rings. The number of anilines is 1.